The summed E-state index contributed by atoms with van der Waals surface area (Å²) in [5, 5.41) is 16.5. The van der Waals surface area contributed by atoms with Crippen molar-refractivity contribution >= 4 is 0 Å². The molecule has 1 aliphatic rings. The van der Waals surface area contributed by atoms with E-state index in [-0.39, 0.29) is 23.2 Å². The van der Waals surface area contributed by atoms with Gasteiger partial charge in [0.2, 0.25) is 11.8 Å². The van der Waals surface area contributed by atoms with Gasteiger partial charge in [-0.3, -0.25) is 5.10 Å². The average molecular weight is 298 g/mol. The molecule has 0 bridgehead atoms. The van der Waals surface area contributed by atoms with Gasteiger partial charge in [0, 0.05) is 5.69 Å². The Morgan fingerprint density at radius 2 is 2.23 bits per heavy atom. The van der Waals surface area contributed by atoms with Gasteiger partial charge in [0.25, 0.3) is 0 Å². The maximum absolute atomic E-state index is 13.6. The van der Waals surface area contributed by atoms with E-state index in [1.807, 2.05) is 13.8 Å². The van der Waals surface area contributed by atoms with Crippen molar-refractivity contribution in [3.05, 3.63) is 58.4 Å². The molecule has 0 spiro atoms. The fourth-order valence-electron chi connectivity index (χ4n) is 2.73. The third-order valence-electron chi connectivity index (χ3n) is 3.73. The minimum atomic E-state index is -0.486. The van der Waals surface area contributed by atoms with Crippen LogP contribution >= 0.6 is 0 Å². The number of halogens is 1. The van der Waals surface area contributed by atoms with Crippen molar-refractivity contribution in [2.75, 3.05) is 0 Å². The molecule has 1 aromatic heterocycles. The molecule has 6 heteroatoms. The lowest BCUT2D eigenvalue weighted by molar-refractivity contribution is 0.378. The second-order valence-electron chi connectivity index (χ2n) is 5.49. The van der Waals surface area contributed by atoms with Crippen LogP contribution in [-0.2, 0) is 0 Å². The summed E-state index contributed by atoms with van der Waals surface area (Å²) in [6.07, 6.45) is 0. The Kier molecular flexibility index (Phi) is 3.33. The quantitative estimate of drug-likeness (QED) is 0.892. The number of fused-ring (bicyclic) bond motifs is 1. The SMILES string of the molecule is CC(C)c1[nH]nc2c1[C@H](c1cccc(F)c1)C(C#N)=C(N)O2. The molecule has 0 saturated heterocycles. The molecule has 22 heavy (non-hydrogen) atoms. The molecule has 3 rings (SSSR count). The van der Waals surface area contributed by atoms with Gasteiger partial charge in [-0.2, -0.15) is 5.26 Å². The van der Waals surface area contributed by atoms with Crippen LogP contribution < -0.4 is 10.5 Å². The largest absolute Gasteiger partial charge is 0.420 e. The van der Waals surface area contributed by atoms with Gasteiger partial charge < -0.3 is 10.5 Å². The Morgan fingerprint density at radius 3 is 2.86 bits per heavy atom. The summed E-state index contributed by atoms with van der Waals surface area (Å²) < 4.78 is 19.1. The van der Waals surface area contributed by atoms with Crippen molar-refractivity contribution in [1.82, 2.24) is 10.2 Å². The first-order valence-corrected chi connectivity index (χ1v) is 6.94. The second kappa shape index (κ2) is 5.19. The summed E-state index contributed by atoms with van der Waals surface area (Å²) in [6.45, 7) is 4.01. The lowest BCUT2D eigenvalue weighted by Gasteiger charge is -2.24. The Bertz CT molecular complexity index is 801. The zero-order valence-corrected chi connectivity index (χ0v) is 12.2. The molecule has 1 aromatic carbocycles. The zero-order chi connectivity index (χ0) is 15.9. The fourth-order valence-corrected chi connectivity index (χ4v) is 2.73. The van der Waals surface area contributed by atoms with Gasteiger partial charge in [0.15, 0.2) is 0 Å². The number of nitrogens with one attached hydrogen (secondary N) is 1. The van der Waals surface area contributed by atoms with E-state index in [1.54, 1.807) is 12.1 Å². The standard InChI is InChI=1S/C16H15FN4O/c1-8(2)14-13-12(9-4-3-5-10(17)6-9)11(7-18)15(19)22-16(13)21-20-14/h3-6,8,12H,19H2,1-2H3,(H,20,21)/t12-/m1/s1. The first-order valence-electron chi connectivity index (χ1n) is 6.94. The first kappa shape index (κ1) is 14.1. The van der Waals surface area contributed by atoms with Gasteiger partial charge in [0.05, 0.1) is 11.5 Å². The van der Waals surface area contributed by atoms with Gasteiger partial charge in [-0.1, -0.05) is 26.0 Å². The normalized spacial score (nSPS) is 17.1. The molecule has 5 nitrogen and oxygen atoms in total. The summed E-state index contributed by atoms with van der Waals surface area (Å²) in [5.74, 6) is -0.354. The summed E-state index contributed by atoms with van der Waals surface area (Å²) in [7, 11) is 0. The lowest BCUT2D eigenvalue weighted by atomic mass is 9.82. The van der Waals surface area contributed by atoms with E-state index in [1.165, 1.54) is 12.1 Å². The Labute approximate surface area is 127 Å². The van der Waals surface area contributed by atoms with Gasteiger partial charge in [-0.25, -0.2) is 4.39 Å². The highest BCUT2D eigenvalue weighted by Crippen LogP contribution is 2.44. The summed E-state index contributed by atoms with van der Waals surface area (Å²) in [4.78, 5) is 0. The van der Waals surface area contributed by atoms with Gasteiger partial charge in [0.1, 0.15) is 17.5 Å². The molecule has 3 N–H and O–H groups in total. The van der Waals surface area contributed by atoms with E-state index in [2.05, 4.69) is 16.3 Å². The molecule has 0 radical (unpaired) electrons. The van der Waals surface area contributed by atoms with E-state index in [4.69, 9.17) is 10.5 Å². The van der Waals surface area contributed by atoms with Crippen LogP contribution in [0, 0.1) is 17.1 Å². The predicted molar refractivity (Wildman–Crippen MR) is 78.4 cm³/mol. The fraction of sp³-hybridized carbons (Fsp3) is 0.250. The predicted octanol–water partition coefficient (Wildman–Crippen LogP) is 2.89. The number of hydrogen-bond acceptors (Lipinski definition) is 4. The lowest BCUT2D eigenvalue weighted by Crippen LogP contribution is -2.21. The highest BCUT2D eigenvalue weighted by Gasteiger charge is 2.35. The van der Waals surface area contributed by atoms with Gasteiger partial charge in [-0.05, 0) is 23.6 Å². The molecule has 1 aliphatic heterocycles. The molecular formula is C16H15FN4O. The van der Waals surface area contributed by atoms with Crippen LogP contribution in [0.15, 0.2) is 35.7 Å². The monoisotopic (exact) mass is 298 g/mol. The highest BCUT2D eigenvalue weighted by molar-refractivity contribution is 5.55. The number of nitrogens with two attached hydrogens (primary N) is 1. The average Bonchev–Trinajstić information content (AvgIpc) is 2.89. The summed E-state index contributed by atoms with van der Waals surface area (Å²) >= 11 is 0. The Hall–Kier alpha value is -2.81. The van der Waals surface area contributed by atoms with Crippen LogP contribution in [0.2, 0.25) is 0 Å². The molecule has 0 aliphatic carbocycles. The van der Waals surface area contributed by atoms with E-state index in [9.17, 15) is 9.65 Å². The van der Waals surface area contributed by atoms with Gasteiger partial charge in [-0.15, -0.1) is 5.10 Å². The molecule has 2 heterocycles. The molecule has 0 amide bonds. The van der Waals surface area contributed by atoms with Crippen molar-refractivity contribution in [2.24, 2.45) is 5.73 Å². The van der Waals surface area contributed by atoms with Crippen LogP contribution in [0.4, 0.5) is 4.39 Å². The third kappa shape index (κ3) is 2.11. The van der Waals surface area contributed by atoms with Crippen molar-refractivity contribution in [3.63, 3.8) is 0 Å². The van der Waals surface area contributed by atoms with Crippen LogP contribution in [0.25, 0.3) is 0 Å². The van der Waals surface area contributed by atoms with Crippen molar-refractivity contribution in [3.8, 4) is 11.9 Å². The number of nitriles is 1. The number of hydrogen-bond donors (Lipinski definition) is 2. The maximum Gasteiger partial charge on any atom is 0.244 e. The maximum atomic E-state index is 13.6. The Balaban J connectivity index is 2.26. The number of H-pyrrole nitrogens is 1. The first-order chi connectivity index (χ1) is 10.5. The number of aromatic amines is 1. The topological polar surface area (TPSA) is 87.7 Å². The summed E-state index contributed by atoms with van der Waals surface area (Å²) in [6, 6.07) is 8.23. The summed E-state index contributed by atoms with van der Waals surface area (Å²) in [5.41, 5.74) is 8.35. The van der Waals surface area contributed by atoms with Crippen molar-refractivity contribution in [1.29, 1.82) is 5.26 Å². The number of allylic oxidation sites excluding steroid dienone is 1. The number of ether oxygens (including phenoxy) is 1. The third-order valence-corrected chi connectivity index (χ3v) is 3.73. The van der Waals surface area contributed by atoms with Crippen molar-refractivity contribution < 1.29 is 9.13 Å². The van der Waals surface area contributed by atoms with E-state index >= 15 is 0 Å². The zero-order valence-electron chi connectivity index (χ0n) is 12.2. The van der Waals surface area contributed by atoms with Crippen molar-refractivity contribution in [2.45, 2.75) is 25.7 Å². The van der Waals surface area contributed by atoms with Crippen LogP contribution in [0.1, 0.15) is 42.5 Å². The molecule has 0 saturated carbocycles. The molecule has 2 aromatic rings. The number of benzene rings is 1. The van der Waals surface area contributed by atoms with E-state index < -0.39 is 5.92 Å². The second-order valence-corrected chi connectivity index (χ2v) is 5.49. The van der Waals surface area contributed by atoms with Crippen LogP contribution in [-0.4, -0.2) is 10.2 Å². The molecule has 0 fully saturated rings. The van der Waals surface area contributed by atoms with Crippen LogP contribution in [0.3, 0.4) is 0 Å². The molecule has 112 valence electrons. The smallest absolute Gasteiger partial charge is 0.244 e. The Morgan fingerprint density at radius 1 is 1.45 bits per heavy atom. The molecule has 0 unspecified atom stereocenters. The number of rotatable bonds is 2. The highest BCUT2D eigenvalue weighted by atomic mass is 19.1. The molecular weight excluding hydrogens is 283 g/mol. The van der Waals surface area contributed by atoms with Crippen LogP contribution in [0.5, 0.6) is 5.88 Å². The minimum Gasteiger partial charge on any atom is -0.420 e. The molecule has 1 atom stereocenters. The minimum absolute atomic E-state index is 0.00562. The van der Waals surface area contributed by atoms with Gasteiger partial charge >= 0.3 is 0 Å². The van der Waals surface area contributed by atoms with E-state index in [0.717, 1.165) is 11.3 Å². The van der Waals surface area contributed by atoms with E-state index in [0.29, 0.717) is 11.4 Å². The number of aromatic nitrogens is 2. The number of nitrogens with zero attached hydrogens (tertiary/aromatic N) is 2.